The van der Waals surface area contributed by atoms with Gasteiger partial charge in [0.15, 0.2) is 0 Å². The van der Waals surface area contributed by atoms with Gasteiger partial charge in [-0.1, -0.05) is 0 Å². The van der Waals surface area contributed by atoms with Gasteiger partial charge in [-0.25, -0.2) is 0 Å². The summed E-state index contributed by atoms with van der Waals surface area (Å²) in [7, 11) is 0. The third-order valence-electron chi connectivity index (χ3n) is 2.08. The molecule has 0 N–H and O–H groups in total. The second-order valence-electron chi connectivity index (χ2n) is 2.74. The Morgan fingerprint density at radius 2 is 1.56 bits per heavy atom. The van der Waals surface area contributed by atoms with E-state index in [1.807, 2.05) is 0 Å². The third-order valence-corrected chi connectivity index (χ3v) is 5.80. The molecule has 0 nitrogen and oxygen atoms in total. The monoisotopic (exact) mass is 321 g/mol. The average molecular weight is 320 g/mol. The summed E-state index contributed by atoms with van der Waals surface area (Å²) in [5.41, 5.74) is 0. The van der Waals surface area contributed by atoms with Crippen molar-refractivity contribution in [2.75, 3.05) is 0 Å². The molecule has 0 atom stereocenters. The van der Waals surface area contributed by atoms with E-state index in [4.69, 9.17) is 0 Å². The van der Waals surface area contributed by atoms with Gasteiger partial charge in [-0.05, 0) is 0 Å². The van der Waals surface area contributed by atoms with Crippen molar-refractivity contribution in [3.05, 3.63) is 0 Å². The first kappa shape index (κ1) is 9.92. The van der Waals surface area contributed by atoms with Gasteiger partial charge in [0.1, 0.15) is 0 Å². The molecule has 0 saturated carbocycles. The normalized spacial score (nSPS) is 12.0. The summed E-state index contributed by atoms with van der Waals surface area (Å²) >= 11 is 1.38. The molecule has 0 aliphatic rings. The minimum atomic E-state index is 0.773. The van der Waals surface area contributed by atoms with Gasteiger partial charge in [-0.2, -0.15) is 0 Å². The molecule has 0 fully saturated rings. The molecule has 3 radical (unpaired) electrons. The minimum absolute atomic E-state index is 0.773. The quantitative estimate of drug-likeness (QED) is 0.699. The molecule has 0 aliphatic heterocycles. The summed E-state index contributed by atoms with van der Waals surface area (Å²) in [6.07, 6.45) is 5.60. The molecule has 0 saturated heterocycles. The molecule has 9 heavy (non-hydrogen) atoms. The molecule has 0 bridgehead atoms. The van der Waals surface area contributed by atoms with E-state index in [1.165, 1.54) is 51.5 Å². The zero-order chi connectivity index (χ0) is 7.33. The molecule has 0 unspecified atom stereocenters. The molecule has 0 aromatic heterocycles. The van der Waals surface area contributed by atoms with Gasteiger partial charge in [0.05, 0.1) is 0 Å². The van der Waals surface area contributed by atoms with Crippen molar-refractivity contribution in [2.45, 2.75) is 49.4 Å². The van der Waals surface area contributed by atoms with E-state index < -0.39 is 0 Å². The van der Waals surface area contributed by atoms with Crippen LogP contribution in [0.4, 0.5) is 0 Å². The number of rotatable bonds is 4. The first-order chi connectivity index (χ1) is 4.18. The van der Waals surface area contributed by atoms with Gasteiger partial charge in [-0.3, -0.25) is 0 Å². The van der Waals surface area contributed by atoms with Gasteiger partial charge in [0.2, 0.25) is 0 Å². The molecule has 0 aromatic rings. The molecular weight excluding hydrogens is 303 g/mol. The number of hydrogen-bond donors (Lipinski definition) is 0. The van der Waals surface area contributed by atoms with E-state index in [0.29, 0.717) is 0 Å². The summed E-state index contributed by atoms with van der Waals surface area (Å²) in [4.78, 5) is 0. The molecule has 0 spiro atoms. The second kappa shape index (κ2) is 4.69. The Balaban J connectivity index is 3.62. The van der Waals surface area contributed by atoms with Crippen LogP contribution in [0.3, 0.4) is 0 Å². The van der Waals surface area contributed by atoms with E-state index in [0.717, 1.165) is 2.97 Å². The van der Waals surface area contributed by atoms with Crippen LogP contribution in [0.1, 0.15) is 46.5 Å². The fourth-order valence-corrected chi connectivity index (χ4v) is 2.05. The summed E-state index contributed by atoms with van der Waals surface area (Å²) in [6, 6.07) is 0. The van der Waals surface area contributed by atoms with Crippen LogP contribution < -0.4 is 0 Å². The van der Waals surface area contributed by atoms with Gasteiger partial charge in [-0.15, -0.1) is 0 Å². The van der Waals surface area contributed by atoms with E-state index in [1.54, 1.807) is 0 Å². The Bertz CT molecular complexity index is 65.0. The van der Waals surface area contributed by atoms with Crippen LogP contribution in [0.25, 0.3) is 0 Å². The third kappa shape index (κ3) is 3.58. The van der Waals surface area contributed by atoms with Crippen LogP contribution in [0.5, 0.6) is 0 Å². The van der Waals surface area contributed by atoms with Crippen LogP contribution in [0.15, 0.2) is 0 Å². The van der Waals surface area contributed by atoms with E-state index in [2.05, 4.69) is 20.8 Å². The fraction of sp³-hybridized carbons (Fsp3) is 1.00. The molecule has 53 valence electrons. The Labute approximate surface area is 75.1 Å². The molecule has 0 heterocycles. The molecule has 0 aromatic carbocycles. The Morgan fingerprint density at radius 1 is 1.11 bits per heavy atom. The van der Waals surface area contributed by atoms with Gasteiger partial charge in [0, 0.05) is 0 Å². The molecule has 0 amide bonds. The maximum atomic E-state index is 2.33. The van der Waals surface area contributed by atoms with E-state index >= 15 is 0 Å². The van der Waals surface area contributed by atoms with Crippen LogP contribution in [-0.2, 0) is 0 Å². The SMILES string of the molecule is CCC[C]([Pb])(CC)CC. The van der Waals surface area contributed by atoms with Gasteiger partial charge in [0.25, 0.3) is 0 Å². The first-order valence-electron chi connectivity index (χ1n) is 3.93. The summed E-state index contributed by atoms with van der Waals surface area (Å²) < 4.78 is 0.773. The van der Waals surface area contributed by atoms with Crippen LogP contribution >= 0.6 is 0 Å². The van der Waals surface area contributed by atoms with Crippen molar-refractivity contribution in [1.29, 1.82) is 0 Å². The fourth-order valence-electron chi connectivity index (χ4n) is 1.08. The van der Waals surface area contributed by atoms with Gasteiger partial charge < -0.3 is 0 Å². The topological polar surface area (TPSA) is 0 Å². The van der Waals surface area contributed by atoms with Crippen molar-refractivity contribution in [2.24, 2.45) is 0 Å². The zero-order valence-corrected chi connectivity index (χ0v) is 10.7. The van der Waals surface area contributed by atoms with Crippen molar-refractivity contribution in [3.63, 3.8) is 0 Å². The van der Waals surface area contributed by atoms with Crippen molar-refractivity contribution >= 4 is 25.8 Å². The van der Waals surface area contributed by atoms with Gasteiger partial charge >= 0.3 is 75.2 Å². The Morgan fingerprint density at radius 3 is 1.67 bits per heavy atom. The molecule has 0 aliphatic carbocycles. The first-order valence-corrected chi connectivity index (χ1v) is 5.88. The Kier molecular flexibility index (Phi) is 5.17. The summed E-state index contributed by atoms with van der Waals surface area (Å²) in [5, 5.41) is 0. The van der Waals surface area contributed by atoms with Crippen molar-refractivity contribution in [3.8, 4) is 0 Å². The molecule has 0 rings (SSSR count). The van der Waals surface area contributed by atoms with Crippen LogP contribution in [0, 0.1) is 0 Å². The maximum absolute atomic E-state index is 2.33. The van der Waals surface area contributed by atoms with Crippen LogP contribution in [-0.4, -0.2) is 25.8 Å². The van der Waals surface area contributed by atoms with Crippen LogP contribution in [0.2, 0.25) is 2.97 Å². The van der Waals surface area contributed by atoms with Crippen molar-refractivity contribution in [1.82, 2.24) is 0 Å². The standard InChI is InChI=1S/C8H17.Pb/c1-4-7-8(5-2)6-3;/h4-7H2,1-3H3;. The predicted octanol–water partition coefficient (Wildman–Crippen LogP) is 2.93. The molecular formula is C8H17Pb. The van der Waals surface area contributed by atoms with Crippen molar-refractivity contribution < 1.29 is 0 Å². The predicted molar refractivity (Wildman–Crippen MR) is 43.9 cm³/mol. The summed E-state index contributed by atoms with van der Waals surface area (Å²) in [6.45, 7) is 6.94. The number of hydrogen-bond acceptors (Lipinski definition) is 0. The Hall–Kier alpha value is 0.922. The average Bonchev–Trinajstić information content (AvgIpc) is 1.89. The van der Waals surface area contributed by atoms with E-state index in [9.17, 15) is 0 Å². The second-order valence-corrected chi connectivity index (χ2v) is 6.86. The summed E-state index contributed by atoms with van der Waals surface area (Å²) in [5.74, 6) is 0. The molecule has 1 heteroatoms. The van der Waals surface area contributed by atoms with E-state index in [-0.39, 0.29) is 0 Å². The zero-order valence-electron chi connectivity index (χ0n) is 6.83.